The Morgan fingerprint density at radius 1 is 1.13 bits per heavy atom. The highest BCUT2D eigenvalue weighted by Crippen LogP contribution is 2.13. The van der Waals surface area contributed by atoms with Crippen molar-refractivity contribution in [1.82, 2.24) is 20.0 Å². The molecule has 8 nitrogen and oxygen atoms in total. The standard InChI is InChI=1S/C15H24N4O4/c1-11(20)17-6-7-19(9-12(8-17)15(23)16-2)14(22)10-18-5-3-4-13(18)21/h12H,3-10H2,1-2H3,(H,16,23)/t12-/m1/s1. The van der Waals surface area contributed by atoms with Gasteiger partial charge >= 0.3 is 0 Å². The van der Waals surface area contributed by atoms with Crippen LogP contribution in [0, 0.1) is 5.92 Å². The van der Waals surface area contributed by atoms with Gasteiger partial charge in [-0.25, -0.2) is 0 Å². The molecule has 2 rings (SSSR count). The van der Waals surface area contributed by atoms with Gasteiger partial charge < -0.3 is 20.0 Å². The minimum atomic E-state index is -0.454. The molecule has 4 amide bonds. The lowest BCUT2D eigenvalue weighted by atomic mass is 10.1. The Kier molecular flexibility index (Phi) is 5.57. The topological polar surface area (TPSA) is 90.0 Å². The quantitative estimate of drug-likeness (QED) is 0.696. The Bertz CT molecular complexity index is 508. The summed E-state index contributed by atoms with van der Waals surface area (Å²) in [6, 6.07) is 0. The van der Waals surface area contributed by atoms with Crippen molar-refractivity contribution in [2.24, 2.45) is 5.92 Å². The van der Waals surface area contributed by atoms with Crippen LogP contribution in [0.4, 0.5) is 0 Å². The first kappa shape index (κ1) is 17.2. The second-order valence-corrected chi connectivity index (χ2v) is 6.03. The van der Waals surface area contributed by atoms with Crippen LogP contribution >= 0.6 is 0 Å². The van der Waals surface area contributed by atoms with E-state index in [1.54, 1.807) is 21.7 Å². The SMILES string of the molecule is CNC(=O)[C@@H]1CN(C(C)=O)CCN(C(=O)CN2CCCC2=O)C1. The molecule has 23 heavy (non-hydrogen) atoms. The molecule has 0 spiro atoms. The van der Waals surface area contributed by atoms with Gasteiger partial charge in [-0.3, -0.25) is 19.2 Å². The number of likely N-dealkylation sites (tertiary alicyclic amines) is 1. The molecule has 2 heterocycles. The van der Waals surface area contributed by atoms with E-state index in [1.165, 1.54) is 6.92 Å². The summed E-state index contributed by atoms with van der Waals surface area (Å²) in [5.41, 5.74) is 0. The predicted octanol–water partition coefficient (Wildman–Crippen LogP) is -1.34. The van der Waals surface area contributed by atoms with Gasteiger partial charge in [0.05, 0.1) is 12.5 Å². The van der Waals surface area contributed by atoms with Crippen molar-refractivity contribution in [3.05, 3.63) is 0 Å². The van der Waals surface area contributed by atoms with Crippen molar-refractivity contribution in [3.8, 4) is 0 Å². The molecule has 1 atom stereocenters. The van der Waals surface area contributed by atoms with E-state index in [-0.39, 0.29) is 36.7 Å². The second kappa shape index (κ2) is 7.43. The zero-order chi connectivity index (χ0) is 17.0. The fraction of sp³-hybridized carbons (Fsp3) is 0.733. The number of nitrogens with one attached hydrogen (secondary N) is 1. The van der Waals surface area contributed by atoms with E-state index in [4.69, 9.17) is 0 Å². The van der Waals surface area contributed by atoms with Gasteiger partial charge in [-0.2, -0.15) is 0 Å². The summed E-state index contributed by atoms with van der Waals surface area (Å²) in [6.07, 6.45) is 1.28. The molecule has 2 fully saturated rings. The highest BCUT2D eigenvalue weighted by atomic mass is 16.2. The number of nitrogens with zero attached hydrogens (tertiary/aromatic N) is 3. The molecule has 128 valence electrons. The molecule has 0 aromatic rings. The molecule has 1 N–H and O–H groups in total. The fourth-order valence-electron chi connectivity index (χ4n) is 3.03. The van der Waals surface area contributed by atoms with Crippen LogP contribution in [0.5, 0.6) is 0 Å². The third-order valence-corrected chi connectivity index (χ3v) is 4.43. The van der Waals surface area contributed by atoms with Crippen molar-refractivity contribution >= 4 is 23.6 Å². The molecule has 2 aliphatic heterocycles. The van der Waals surface area contributed by atoms with Gasteiger partial charge in [-0.1, -0.05) is 0 Å². The van der Waals surface area contributed by atoms with E-state index in [2.05, 4.69) is 5.32 Å². The highest BCUT2D eigenvalue weighted by Gasteiger charge is 2.32. The van der Waals surface area contributed by atoms with Crippen LogP contribution in [0.15, 0.2) is 0 Å². The minimum absolute atomic E-state index is 0.00128. The molecule has 0 unspecified atom stereocenters. The van der Waals surface area contributed by atoms with Gasteiger partial charge in [0.1, 0.15) is 0 Å². The monoisotopic (exact) mass is 324 g/mol. The largest absolute Gasteiger partial charge is 0.359 e. The van der Waals surface area contributed by atoms with Crippen LogP contribution in [0.2, 0.25) is 0 Å². The summed E-state index contributed by atoms with van der Waals surface area (Å²) in [4.78, 5) is 52.5. The van der Waals surface area contributed by atoms with E-state index in [0.29, 0.717) is 32.6 Å². The first-order chi connectivity index (χ1) is 10.9. The maximum Gasteiger partial charge on any atom is 0.242 e. The van der Waals surface area contributed by atoms with Crippen LogP contribution in [-0.4, -0.2) is 84.6 Å². The third kappa shape index (κ3) is 4.20. The number of rotatable bonds is 3. The second-order valence-electron chi connectivity index (χ2n) is 6.03. The van der Waals surface area contributed by atoms with Gasteiger partial charge in [-0.05, 0) is 6.42 Å². The van der Waals surface area contributed by atoms with Crippen LogP contribution in [-0.2, 0) is 19.2 Å². The molecule has 0 aliphatic carbocycles. The summed E-state index contributed by atoms with van der Waals surface area (Å²) in [5.74, 6) is -0.915. The molecule has 0 aromatic heterocycles. The average Bonchev–Trinajstić information content (AvgIpc) is 2.79. The van der Waals surface area contributed by atoms with Gasteiger partial charge in [0.25, 0.3) is 0 Å². The van der Waals surface area contributed by atoms with Gasteiger partial charge in [0, 0.05) is 53.1 Å². The Hall–Kier alpha value is -2.12. The molecule has 0 aromatic carbocycles. The molecule has 2 aliphatic rings. The third-order valence-electron chi connectivity index (χ3n) is 4.43. The minimum Gasteiger partial charge on any atom is -0.359 e. The first-order valence-electron chi connectivity index (χ1n) is 7.95. The Morgan fingerprint density at radius 3 is 2.35 bits per heavy atom. The van der Waals surface area contributed by atoms with E-state index in [0.717, 1.165) is 6.42 Å². The normalized spacial score (nSPS) is 22.1. The smallest absolute Gasteiger partial charge is 0.242 e. The summed E-state index contributed by atoms with van der Waals surface area (Å²) in [5, 5.41) is 2.58. The lowest BCUT2D eigenvalue weighted by Crippen LogP contribution is -2.45. The molecule has 2 saturated heterocycles. The Morgan fingerprint density at radius 2 is 1.78 bits per heavy atom. The maximum atomic E-state index is 12.5. The zero-order valence-corrected chi connectivity index (χ0v) is 13.7. The summed E-state index contributed by atoms with van der Waals surface area (Å²) >= 11 is 0. The average molecular weight is 324 g/mol. The number of carbonyl (C=O) groups excluding carboxylic acids is 4. The molecular formula is C15H24N4O4. The number of amides is 4. The number of hydrogen-bond acceptors (Lipinski definition) is 4. The van der Waals surface area contributed by atoms with Crippen molar-refractivity contribution in [3.63, 3.8) is 0 Å². The molecule has 0 radical (unpaired) electrons. The highest BCUT2D eigenvalue weighted by molar-refractivity contribution is 5.87. The van der Waals surface area contributed by atoms with E-state index < -0.39 is 5.92 Å². The molecule has 8 heteroatoms. The van der Waals surface area contributed by atoms with Crippen LogP contribution in [0.25, 0.3) is 0 Å². The molecule has 0 bridgehead atoms. The van der Waals surface area contributed by atoms with Crippen LogP contribution < -0.4 is 5.32 Å². The van der Waals surface area contributed by atoms with E-state index in [1.807, 2.05) is 0 Å². The van der Waals surface area contributed by atoms with Gasteiger partial charge in [0.2, 0.25) is 23.6 Å². The van der Waals surface area contributed by atoms with Gasteiger partial charge in [-0.15, -0.1) is 0 Å². The summed E-state index contributed by atoms with van der Waals surface area (Å²) < 4.78 is 0. The summed E-state index contributed by atoms with van der Waals surface area (Å²) in [7, 11) is 1.54. The lowest BCUT2D eigenvalue weighted by Gasteiger charge is -2.25. The zero-order valence-electron chi connectivity index (χ0n) is 13.7. The predicted molar refractivity (Wildman–Crippen MR) is 82.2 cm³/mol. The van der Waals surface area contributed by atoms with Crippen LogP contribution in [0.3, 0.4) is 0 Å². The first-order valence-corrected chi connectivity index (χ1v) is 7.95. The molecular weight excluding hydrogens is 300 g/mol. The Balaban J connectivity index is 2.04. The van der Waals surface area contributed by atoms with Crippen molar-refractivity contribution < 1.29 is 19.2 Å². The van der Waals surface area contributed by atoms with Crippen molar-refractivity contribution in [1.29, 1.82) is 0 Å². The maximum absolute atomic E-state index is 12.5. The fourth-order valence-corrected chi connectivity index (χ4v) is 3.03. The van der Waals surface area contributed by atoms with Crippen molar-refractivity contribution in [2.45, 2.75) is 19.8 Å². The lowest BCUT2D eigenvalue weighted by molar-refractivity contribution is -0.139. The van der Waals surface area contributed by atoms with Crippen molar-refractivity contribution in [2.75, 3.05) is 46.3 Å². The van der Waals surface area contributed by atoms with E-state index in [9.17, 15) is 19.2 Å². The number of carbonyl (C=O) groups is 4. The Labute approximate surface area is 135 Å². The summed E-state index contributed by atoms with van der Waals surface area (Å²) in [6.45, 7) is 3.49. The van der Waals surface area contributed by atoms with Crippen LogP contribution in [0.1, 0.15) is 19.8 Å². The molecule has 0 saturated carbocycles. The van der Waals surface area contributed by atoms with E-state index >= 15 is 0 Å². The van der Waals surface area contributed by atoms with Gasteiger partial charge in [0.15, 0.2) is 0 Å². The number of hydrogen-bond donors (Lipinski definition) is 1.